The first-order valence-corrected chi connectivity index (χ1v) is 8.33. The predicted molar refractivity (Wildman–Crippen MR) is 92.7 cm³/mol. The molecule has 1 unspecified atom stereocenters. The van der Waals surface area contributed by atoms with E-state index in [4.69, 9.17) is 4.74 Å². The highest BCUT2D eigenvalue weighted by Gasteiger charge is 2.13. The molecular weight excluding hydrogens is 304 g/mol. The van der Waals surface area contributed by atoms with Gasteiger partial charge in [0.15, 0.2) is 0 Å². The van der Waals surface area contributed by atoms with Crippen LogP contribution in [0.5, 0.6) is 0 Å². The van der Waals surface area contributed by atoms with E-state index < -0.39 is 6.10 Å². The summed E-state index contributed by atoms with van der Waals surface area (Å²) in [6.07, 6.45) is 3.33. The van der Waals surface area contributed by atoms with E-state index >= 15 is 0 Å². The van der Waals surface area contributed by atoms with Gasteiger partial charge in [-0.25, -0.2) is 9.97 Å². The zero-order valence-corrected chi connectivity index (χ0v) is 14.0. The first-order valence-electron chi connectivity index (χ1n) is 8.33. The Morgan fingerprint density at radius 3 is 2.33 bits per heavy atom. The molecule has 1 aromatic heterocycles. The number of aliphatic hydroxyl groups is 1. The van der Waals surface area contributed by atoms with E-state index in [-0.39, 0.29) is 0 Å². The van der Waals surface area contributed by atoms with Crippen molar-refractivity contribution in [2.75, 3.05) is 31.2 Å². The molecule has 3 rings (SSSR count). The summed E-state index contributed by atoms with van der Waals surface area (Å²) in [6, 6.07) is 7.99. The van der Waals surface area contributed by atoms with E-state index in [1.54, 1.807) is 6.92 Å². The number of anilines is 1. The van der Waals surface area contributed by atoms with Gasteiger partial charge in [0.1, 0.15) is 0 Å². The maximum atomic E-state index is 9.52. The van der Waals surface area contributed by atoms with Gasteiger partial charge in [-0.2, -0.15) is 0 Å². The molecule has 0 saturated carbocycles. The van der Waals surface area contributed by atoms with Crippen molar-refractivity contribution in [2.24, 2.45) is 0 Å². The van der Waals surface area contributed by atoms with E-state index in [1.165, 1.54) is 5.56 Å². The number of nitrogens with one attached hydrogen (secondary N) is 1. The number of hydrogen-bond donors (Lipinski definition) is 2. The standard InChI is InChI=1S/C18H24N4O2/c1-14(23)17-4-2-15(3-5-17)10-19-11-16-12-20-18(21-13-16)22-6-8-24-9-7-22/h2-5,12-14,19,23H,6-11H2,1H3. The first kappa shape index (κ1) is 16.8. The highest BCUT2D eigenvalue weighted by Crippen LogP contribution is 2.13. The molecule has 0 aliphatic carbocycles. The Hall–Kier alpha value is -2.02. The monoisotopic (exact) mass is 328 g/mol. The maximum Gasteiger partial charge on any atom is 0.225 e. The summed E-state index contributed by atoms with van der Waals surface area (Å²) in [5.74, 6) is 0.774. The molecule has 0 radical (unpaired) electrons. The molecule has 6 nitrogen and oxygen atoms in total. The smallest absolute Gasteiger partial charge is 0.225 e. The average Bonchev–Trinajstić information content (AvgIpc) is 2.63. The minimum atomic E-state index is -0.422. The van der Waals surface area contributed by atoms with Gasteiger partial charge in [-0.1, -0.05) is 24.3 Å². The van der Waals surface area contributed by atoms with Gasteiger partial charge < -0.3 is 20.1 Å². The van der Waals surface area contributed by atoms with Crippen LogP contribution in [-0.4, -0.2) is 41.4 Å². The van der Waals surface area contributed by atoms with Crippen LogP contribution >= 0.6 is 0 Å². The molecular formula is C18H24N4O2. The second-order valence-corrected chi connectivity index (χ2v) is 6.01. The van der Waals surface area contributed by atoms with E-state index in [1.807, 2.05) is 36.7 Å². The fourth-order valence-corrected chi connectivity index (χ4v) is 2.63. The van der Waals surface area contributed by atoms with Crippen molar-refractivity contribution < 1.29 is 9.84 Å². The highest BCUT2D eigenvalue weighted by atomic mass is 16.5. The average molecular weight is 328 g/mol. The van der Waals surface area contributed by atoms with Crippen LogP contribution in [0.15, 0.2) is 36.7 Å². The largest absolute Gasteiger partial charge is 0.389 e. The van der Waals surface area contributed by atoms with Crippen LogP contribution < -0.4 is 10.2 Å². The number of hydrogen-bond acceptors (Lipinski definition) is 6. The number of aliphatic hydroxyl groups excluding tert-OH is 1. The van der Waals surface area contributed by atoms with Crippen molar-refractivity contribution in [3.63, 3.8) is 0 Å². The Kier molecular flexibility index (Phi) is 5.74. The lowest BCUT2D eigenvalue weighted by atomic mass is 10.1. The molecule has 2 heterocycles. The van der Waals surface area contributed by atoms with E-state index in [2.05, 4.69) is 20.2 Å². The van der Waals surface area contributed by atoms with Crippen molar-refractivity contribution in [2.45, 2.75) is 26.1 Å². The topological polar surface area (TPSA) is 70.5 Å². The summed E-state index contributed by atoms with van der Waals surface area (Å²) in [6.45, 7) is 6.43. The lowest BCUT2D eigenvalue weighted by Gasteiger charge is -2.26. The quantitative estimate of drug-likeness (QED) is 0.840. The fourth-order valence-electron chi connectivity index (χ4n) is 2.63. The van der Waals surface area contributed by atoms with Crippen LogP contribution in [-0.2, 0) is 17.8 Å². The number of nitrogens with zero attached hydrogens (tertiary/aromatic N) is 3. The normalized spacial score (nSPS) is 16.2. The lowest BCUT2D eigenvalue weighted by molar-refractivity contribution is 0.122. The second-order valence-electron chi connectivity index (χ2n) is 6.01. The van der Waals surface area contributed by atoms with E-state index in [0.717, 1.165) is 56.5 Å². The minimum Gasteiger partial charge on any atom is -0.389 e. The van der Waals surface area contributed by atoms with Crippen LogP contribution in [0.3, 0.4) is 0 Å². The lowest BCUT2D eigenvalue weighted by Crippen LogP contribution is -2.37. The Morgan fingerprint density at radius 2 is 1.71 bits per heavy atom. The maximum absolute atomic E-state index is 9.52. The van der Waals surface area contributed by atoms with Crippen LogP contribution in [0.1, 0.15) is 29.7 Å². The summed E-state index contributed by atoms with van der Waals surface area (Å²) in [7, 11) is 0. The third-order valence-electron chi connectivity index (χ3n) is 4.11. The molecule has 2 N–H and O–H groups in total. The van der Waals surface area contributed by atoms with Gasteiger partial charge in [0, 0.05) is 44.1 Å². The van der Waals surface area contributed by atoms with Crippen molar-refractivity contribution in [3.05, 3.63) is 53.3 Å². The van der Waals surface area contributed by atoms with Gasteiger partial charge in [0.05, 0.1) is 19.3 Å². The Morgan fingerprint density at radius 1 is 1.08 bits per heavy atom. The summed E-state index contributed by atoms with van der Waals surface area (Å²) in [4.78, 5) is 11.0. The molecule has 1 saturated heterocycles. The molecule has 1 fully saturated rings. The Labute approximate surface area is 142 Å². The zero-order chi connectivity index (χ0) is 16.8. The van der Waals surface area contributed by atoms with Crippen LogP contribution in [0.2, 0.25) is 0 Å². The molecule has 0 spiro atoms. The summed E-state index contributed by atoms with van der Waals surface area (Å²) in [5.41, 5.74) is 3.18. The Bertz CT molecular complexity index is 622. The molecule has 2 aromatic rings. The third-order valence-corrected chi connectivity index (χ3v) is 4.11. The molecule has 1 aromatic carbocycles. The van der Waals surface area contributed by atoms with Gasteiger partial charge in [-0.3, -0.25) is 0 Å². The van der Waals surface area contributed by atoms with Crippen LogP contribution in [0.4, 0.5) is 5.95 Å². The number of ether oxygens (including phenoxy) is 1. The molecule has 128 valence electrons. The number of morpholine rings is 1. The third kappa shape index (κ3) is 4.50. The van der Waals surface area contributed by atoms with Crippen LogP contribution in [0.25, 0.3) is 0 Å². The minimum absolute atomic E-state index is 0.422. The van der Waals surface area contributed by atoms with Crippen molar-refractivity contribution in [1.29, 1.82) is 0 Å². The molecule has 0 amide bonds. The summed E-state index contributed by atoms with van der Waals surface area (Å²) < 4.78 is 5.34. The molecule has 6 heteroatoms. The van der Waals surface area contributed by atoms with Gasteiger partial charge in [0.25, 0.3) is 0 Å². The van der Waals surface area contributed by atoms with Gasteiger partial charge in [-0.15, -0.1) is 0 Å². The zero-order valence-electron chi connectivity index (χ0n) is 14.0. The molecule has 1 atom stereocenters. The van der Waals surface area contributed by atoms with Crippen molar-refractivity contribution >= 4 is 5.95 Å². The molecule has 1 aliphatic heterocycles. The Balaban J connectivity index is 1.47. The second kappa shape index (κ2) is 8.19. The molecule has 0 bridgehead atoms. The molecule has 1 aliphatic rings. The van der Waals surface area contributed by atoms with Crippen molar-refractivity contribution in [1.82, 2.24) is 15.3 Å². The number of rotatable bonds is 6. The SMILES string of the molecule is CC(O)c1ccc(CNCc2cnc(N3CCOCC3)nc2)cc1. The van der Waals surface area contributed by atoms with Crippen molar-refractivity contribution in [3.8, 4) is 0 Å². The summed E-state index contributed by atoms with van der Waals surface area (Å²) in [5, 5.41) is 12.9. The number of aromatic nitrogens is 2. The molecule has 24 heavy (non-hydrogen) atoms. The van der Waals surface area contributed by atoms with Gasteiger partial charge in [-0.05, 0) is 18.1 Å². The van der Waals surface area contributed by atoms with E-state index in [0.29, 0.717) is 0 Å². The predicted octanol–water partition coefficient (Wildman–Crippen LogP) is 1.66. The summed E-state index contributed by atoms with van der Waals surface area (Å²) >= 11 is 0. The highest BCUT2D eigenvalue weighted by molar-refractivity contribution is 5.30. The van der Waals surface area contributed by atoms with E-state index in [9.17, 15) is 5.11 Å². The van der Waals surface area contributed by atoms with Crippen LogP contribution in [0, 0.1) is 0 Å². The fraction of sp³-hybridized carbons (Fsp3) is 0.444. The van der Waals surface area contributed by atoms with Gasteiger partial charge in [0.2, 0.25) is 5.95 Å². The van der Waals surface area contributed by atoms with Gasteiger partial charge >= 0.3 is 0 Å². The number of benzene rings is 1. The first-order chi connectivity index (χ1) is 11.7.